The summed E-state index contributed by atoms with van der Waals surface area (Å²) in [7, 11) is 1.61. The van der Waals surface area contributed by atoms with Crippen molar-refractivity contribution >= 4 is 17.6 Å². The first-order valence-corrected chi connectivity index (χ1v) is 7.79. The Hall–Kier alpha value is -2.24. The van der Waals surface area contributed by atoms with E-state index in [0.29, 0.717) is 19.5 Å². The Kier molecular flexibility index (Phi) is 5.13. The van der Waals surface area contributed by atoms with Crippen molar-refractivity contribution in [3.8, 4) is 5.75 Å². The molecule has 1 heterocycles. The topological polar surface area (TPSA) is 70.7 Å². The molecule has 0 aromatic heterocycles. The highest BCUT2D eigenvalue weighted by Crippen LogP contribution is 2.26. The van der Waals surface area contributed by atoms with Crippen LogP contribution in [0, 0.1) is 5.92 Å². The third kappa shape index (κ3) is 4.87. The molecule has 1 aromatic carbocycles. The lowest BCUT2D eigenvalue weighted by Gasteiger charge is -2.21. The Morgan fingerprint density at radius 3 is 2.52 bits per heavy atom. The number of hydrogen-bond donors (Lipinski definition) is 2. The average molecular weight is 319 g/mol. The molecule has 2 rings (SSSR count). The standard InChI is InChI=1S/C17H25N3O3/c1-17(2,3)19-16(22)18-10-12-9-15(21)20(11-12)13-5-7-14(23-4)8-6-13/h5-8,12H,9-11H2,1-4H3,(H2,18,19,22)/t12-/m1/s1. The first-order valence-electron chi connectivity index (χ1n) is 7.79. The van der Waals surface area contributed by atoms with Crippen molar-refractivity contribution in [1.29, 1.82) is 0 Å². The molecule has 6 heteroatoms. The summed E-state index contributed by atoms with van der Waals surface area (Å²) in [6.07, 6.45) is 0.446. The van der Waals surface area contributed by atoms with E-state index in [0.717, 1.165) is 11.4 Å². The molecule has 126 valence electrons. The van der Waals surface area contributed by atoms with Crippen LogP contribution in [0.4, 0.5) is 10.5 Å². The smallest absolute Gasteiger partial charge is 0.315 e. The fourth-order valence-corrected chi connectivity index (χ4v) is 2.55. The molecule has 1 aliphatic heterocycles. The van der Waals surface area contributed by atoms with Gasteiger partial charge < -0.3 is 20.3 Å². The van der Waals surface area contributed by atoms with Gasteiger partial charge in [-0.25, -0.2) is 4.79 Å². The van der Waals surface area contributed by atoms with Crippen molar-refractivity contribution in [2.75, 3.05) is 25.1 Å². The van der Waals surface area contributed by atoms with Gasteiger partial charge in [-0.15, -0.1) is 0 Å². The molecular weight excluding hydrogens is 294 g/mol. The minimum atomic E-state index is -0.273. The molecule has 1 saturated heterocycles. The van der Waals surface area contributed by atoms with Crippen molar-refractivity contribution in [3.63, 3.8) is 0 Å². The summed E-state index contributed by atoms with van der Waals surface area (Å²) in [4.78, 5) is 25.7. The van der Waals surface area contributed by atoms with Crippen LogP contribution in [0.15, 0.2) is 24.3 Å². The fourth-order valence-electron chi connectivity index (χ4n) is 2.55. The monoisotopic (exact) mass is 319 g/mol. The minimum Gasteiger partial charge on any atom is -0.497 e. The van der Waals surface area contributed by atoms with Crippen LogP contribution >= 0.6 is 0 Å². The lowest BCUT2D eigenvalue weighted by Crippen LogP contribution is -2.47. The summed E-state index contributed by atoms with van der Waals surface area (Å²) in [5.74, 6) is 0.964. The van der Waals surface area contributed by atoms with Gasteiger partial charge in [0.25, 0.3) is 0 Å². The van der Waals surface area contributed by atoms with Gasteiger partial charge in [-0.2, -0.15) is 0 Å². The quantitative estimate of drug-likeness (QED) is 0.893. The Bertz CT molecular complexity index is 563. The van der Waals surface area contributed by atoms with Gasteiger partial charge in [0.05, 0.1) is 7.11 Å². The van der Waals surface area contributed by atoms with Gasteiger partial charge in [0.1, 0.15) is 5.75 Å². The number of hydrogen-bond acceptors (Lipinski definition) is 3. The van der Waals surface area contributed by atoms with E-state index >= 15 is 0 Å². The van der Waals surface area contributed by atoms with Crippen molar-refractivity contribution in [3.05, 3.63) is 24.3 Å². The van der Waals surface area contributed by atoms with Gasteiger partial charge in [-0.1, -0.05) is 0 Å². The van der Waals surface area contributed by atoms with E-state index < -0.39 is 0 Å². The number of benzene rings is 1. The Balaban J connectivity index is 1.88. The third-order valence-corrected chi connectivity index (χ3v) is 3.63. The number of anilines is 1. The molecule has 3 amide bonds. The number of methoxy groups -OCH3 is 1. The number of ether oxygens (including phenoxy) is 1. The highest BCUT2D eigenvalue weighted by Gasteiger charge is 2.30. The molecule has 0 bridgehead atoms. The van der Waals surface area contributed by atoms with Crippen LogP contribution in [-0.2, 0) is 4.79 Å². The molecule has 2 N–H and O–H groups in total. The summed E-state index contributed by atoms with van der Waals surface area (Å²) >= 11 is 0. The first kappa shape index (κ1) is 17.1. The lowest BCUT2D eigenvalue weighted by atomic mass is 10.1. The highest BCUT2D eigenvalue weighted by molar-refractivity contribution is 5.95. The Labute approximate surface area is 137 Å². The highest BCUT2D eigenvalue weighted by atomic mass is 16.5. The van der Waals surface area contributed by atoms with Crippen LogP contribution in [0.3, 0.4) is 0 Å². The minimum absolute atomic E-state index is 0.0817. The molecule has 0 unspecified atom stereocenters. The number of nitrogens with one attached hydrogen (secondary N) is 2. The van der Waals surface area contributed by atoms with E-state index in [1.165, 1.54) is 0 Å². The maximum atomic E-state index is 12.2. The Morgan fingerprint density at radius 1 is 1.30 bits per heavy atom. The number of amides is 3. The third-order valence-electron chi connectivity index (χ3n) is 3.63. The van der Waals surface area contributed by atoms with E-state index in [4.69, 9.17) is 4.74 Å². The van der Waals surface area contributed by atoms with Crippen LogP contribution in [-0.4, -0.2) is 37.7 Å². The fraction of sp³-hybridized carbons (Fsp3) is 0.529. The molecule has 1 aromatic rings. The maximum absolute atomic E-state index is 12.2. The summed E-state index contributed by atoms with van der Waals surface area (Å²) in [5.41, 5.74) is 0.586. The molecule has 0 aliphatic carbocycles. The van der Waals surface area contributed by atoms with Gasteiger partial charge in [-0.05, 0) is 45.0 Å². The van der Waals surface area contributed by atoms with Crippen molar-refractivity contribution in [2.45, 2.75) is 32.7 Å². The molecule has 1 aliphatic rings. The van der Waals surface area contributed by atoms with Gasteiger partial charge in [0.2, 0.25) is 5.91 Å². The van der Waals surface area contributed by atoms with Crippen LogP contribution in [0.25, 0.3) is 0 Å². The summed E-state index contributed by atoms with van der Waals surface area (Å²) in [6.45, 7) is 6.88. The molecule has 0 spiro atoms. The summed E-state index contributed by atoms with van der Waals surface area (Å²) in [5, 5.41) is 5.69. The molecule has 1 fully saturated rings. The van der Waals surface area contributed by atoms with E-state index in [9.17, 15) is 9.59 Å². The van der Waals surface area contributed by atoms with Gasteiger partial charge in [0.15, 0.2) is 0 Å². The average Bonchev–Trinajstić information content (AvgIpc) is 2.85. The molecule has 23 heavy (non-hydrogen) atoms. The predicted molar refractivity (Wildman–Crippen MR) is 89.7 cm³/mol. The maximum Gasteiger partial charge on any atom is 0.315 e. The number of rotatable bonds is 4. The second-order valence-electron chi connectivity index (χ2n) is 6.86. The van der Waals surface area contributed by atoms with E-state index in [1.54, 1.807) is 12.0 Å². The van der Waals surface area contributed by atoms with E-state index in [-0.39, 0.29) is 23.4 Å². The van der Waals surface area contributed by atoms with Gasteiger partial charge >= 0.3 is 6.03 Å². The van der Waals surface area contributed by atoms with Crippen LogP contribution in [0.1, 0.15) is 27.2 Å². The number of nitrogens with zero attached hydrogens (tertiary/aromatic N) is 1. The van der Waals surface area contributed by atoms with Gasteiger partial charge in [0, 0.05) is 36.7 Å². The Morgan fingerprint density at radius 2 is 1.96 bits per heavy atom. The molecule has 6 nitrogen and oxygen atoms in total. The largest absolute Gasteiger partial charge is 0.497 e. The molecule has 1 atom stereocenters. The van der Waals surface area contributed by atoms with Gasteiger partial charge in [-0.3, -0.25) is 4.79 Å². The first-order chi connectivity index (χ1) is 10.8. The normalized spacial score (nSPS) is 18.0. The van der Waals surface area contributed by atoms with Crippen molar-refractivity contribution in [2.24, 2.45) is 5.92 Å². The van der Waals surface area contributed by atoms with Crippen LogP contribution in [0.2, 0.25) is 0 Å². The molecular formula is C17H25N3O3. The zero-order chi connectivity index (χ0) is 17.0. The van der Waals surface area contributed by atoms with Crippen LogP contribution in [0.5, 0.6) is 5.75 Å². The predicted octanol–water partition coefficient (Wildman–Crippen LogP) is 2.15. The number of urea groups is 1. The number of carbonyl (C=O) groups is 2. The molecule has 0 saturated carbocycles. The number of carbonyl (C=O) groups excluding carboxylic acids is 2. The zero-order valence-electron chi connectivity index (χ0n) is 14.2. The second-order valence-corrected chi connectivity index (χ2v) is 6.86. The lowest BCUT2D eigenvalue weighted by molar-refractivity contribution is -0.117. The van der Waals surface area contributed by atoms with Crippen molar-refractivity contribution in [1.82, 2.24) is 10.6 Å². The van der Waals surface area contributed by atoms with E-state index in [2.05, 4.69) is 10.6 Å². The summed E-state index contributed by atoms with van der Waals surface area (Å²) in [6, 6.07) is 7.22. The zero-order valence-corrected chi connectivity index (χ0v) is 14.2. The molecule has 0 radical (unpaired) electrons. The van der Waals surface area contributed by atoms with Crippen LogP contribution < -0.4 is 20.3 Å². The second kappa shape index (κ2) is 6.89. The SMILES string of the molecule is COc1ccc(N2C[C@@H](CNC(=O)NC(C)(C)C)CC2=O)cc1. The summed E-state index contributed by atoms with van der Waals surface area (Å²) < 4.78 is 5.13. The van der Waals surface area contributed by atoms with Crippen molar-refractivity contribution < 1.29 is 14.3 Å². The van der Waals surface area contributed by atoms with E-state index in [1.807, 2.05) is 45.0 Å².